The summed E-state index contributed by atoms with van der Waals surface area (Å²) >= 11 is 1.71. The van der Waals surface area contributed by atoms with Crippen molar-refractivity contribution in [1.29, 1.82) is 0 Å². The predicted molar refractivity (Wildman–Crippen MR) is 133 cm³/mol. The summed E-state index contributed by atoms with van der Waals surface area (Å²) in [4.78, 5) is 0. The average Bonchev–Trinajstić information content (AvgIpc) is 2.73. The Morgan fingerprint density at radius 2 is 1.23 bits per heavy atom. The summed E-state index contributed by atoms with van der Waals surface area (Å²) in [5.74, 6) is 0. The monoisotopic (exact) mass is 566 g/mol. The number of hydrogen-bond acceptors (Lipinski definition) is 6. The minimum atomic E-state index is -3.67. The van der Waals surface area contributed by atoms with E-state index in [2.05, 4.69) is 27.7 Å². The largest absolute Gasteiger partial charge is 0.393 e. The SMILES string of the molecule is [B][C@]1(C)O[C@](C)(COP(=O)(I)OC2(C)C(C)(C)[C@@]([B])(C)O[C@]2(C)CO)C(C)(C)C1(C)C. The van der Waals surface area contributed by atoms with E-state index < -0.39 is 43.9 Å². The van der Waals surface area contributed by atoms with E-state index in [-0.39, 0.29) is 18.6 Å². The fourth-order valence-electron chi connectivity index (χ4n) is 4.88. The van der Waals surface area contributed by atoms with Crippen molar-refractivity contribution >= 4 is 43.0 Å². The van der Waals surface area contributed by atoms with Gasteiger partial charge in [0, 0.05) is 21.8 Å². The molecule has 0 aromatic heterocycles. The lowest BCUT2D eigenvalue weighted by molar-refractivity contribution is -0.140. The maximum Gasteiger partial charge on any atom is 0.389 e. The lowest BCUT2D eigenvalue weighted by Gasteiger charge is -2.47. The number of rotatable bonds is 6. The molecule has 31 heavy (non-hydrogen) atoms. The van der Waals surface area contributed by atoms with Crippen LogP contribution in [0.5, 0.6) is 0 Å². The zero-order valence-corrected chi connectivity index (χ0v) is 23.9. The van der Waals surface area contributed by atoms with Gasteiger partial charge in [-0.15, -0.1) is 0 Å². The van der Waals surface area contributed by atoms with E-state index >= 15 is 0 Å². The van der Waals surface area contributed by atoms with Crippen LogP contribution < -0.4 is 0 Å². The predicted octanol–water partition coefficient (Wildman–Crippen LogP) is 4.74. The van der Waals surface area contributed by atoms with Crippen molar-refractivity contribution < 1.29 is 28.2 Å². The Balaban J connectivity index is 2.33. The molecular formula is C21H38B2IO6P. The summed E-state index contributed by atoms with van der Waals surface area (Å²) in [6, 6.07) is 0. The third-order valence-electron chi connectivity index (χ3n) is 9.53. The Labute approximate surface area is 204 Å². The molecule has 10 heteroatoms. The van der Waals surface area contributed by atoms with E-state index in [4.69, 9.17) is 34.2 Å². The van der Waals surface area contributed by atoms with Crippen molar-refractivity contribution in [3.05, 3.63) is 0 Å². The molecule has 2 fully saturated rings. The first-order valence-corrected chi connectivity index (χ1v) is 15.0. The van der Waals surface area contributed by atoms with E-state index in [1.165, 1.54) is 0 Å². The molecule has 0 saturated carbocycles. The number of aliphatic hydroxyl groups is 1. The van der Waals surface area contributed by atoms with E-state index in [1.807, 2.05) is 27.7 Å². The average molecular weight is 566 g/mol. The smallest absolute Gasteiger partial charge is 0.389 e. The van der Waals surface area contributed by atoms with E-state index in [9.17, 15) is 9.67 Å². The van der Waals surface area contributed by atoms with Gasteiger partial charge in [0.25, 0.3) is 0 Å². The molecule has 4 radical (unpaired) electrons. The molecule has 2 rings (SSSR count). The molecular weight excluding hydrogens is 528 g/mol. The summed E-state index contributed by atoms with van der Waals surface area (Å²) in [7, 11) is 12.9. The number of halogens is 1. The minimum absolute atomic E-state index is 0.0174. The molecule has 0 aromatic carbocycles. The van der Waals surface area contributed by atoms with Crippen LogP contribution in [0.3, 0.4) is 0 Å². The Kier molecular flexibility index (Phi) is 6.75. The van der Waals surface area contributed by atoms with Crippen LogP contribution in [0, 0.1) is 16.2 Å². The van der Waals surface area contributed by atoms with Crippen molar-refractivity contribution in [2.75, 3.05) is 13.2 Å². The van der Waals surface area contributed by atoms with E-state index in [1.54, 1.807) is 42.8 Å². The standard InChI is InChI=1S/C21H38B2IO6P/c1-14(2)15(3,4)20(10,22)29-18(14,8)13-27-31(24,26)30-19(9)16(5,6)21(11,23)28-17(19,7)12-25/h25H,12-13H2,1-11H3/t17-,18-,19?,20-,21-,31?/m1/s1. The highest BCUT2D eigenvalue weighted by molar-refractivity contribution is 14.2. The van der Waals surface area contributed by atoms with Crippen LogP contribution in [-0.4, -0.2) is 61.8 Å². The summed E-state index contributed by atoms with van der Waals surface area (Å²) in [5, 5.41) is 6.45. The first-order chi connectivity index (χ1) is 13.4. The molecule has 2 aliphatic heterocycles. The fraction of sp³-hybridized carbons (Fsp3) is 1.00. The third-order valence-corrected chi connectivity index (χ3v) is 12.0. The van der Waals surface area contributed by atoms with Gasteiger partial charge in [-0.05, 0) is 40.0 Å². The summed E-state index contributed by atoms with van der Waals surface area (Å²) in [6.07, 6.45) is 0. The molecule has 2 unspecified atom stereocenters. The Hall–Kier alpha value is 0.890. The van der Waals surface area contributed by atoms with Gasteiger partial charge in [0.05, 0.1) is 40.9 Å². The van der Waals surface area contributed by atoms with Crippen LogP contribution in [0.4, 0.5) is 0 Å². The van der Waals surface area contributed by atoms with Gasteiger partial charge < -0.3 is 14.6 Å². The Bertz CT molecular complexity index is 786. The van der Waals surface area contributed by atoms with Crippen LogP contribution >= 0.6 is 27.3 Å². The number of ether oxygens (including phenoxy) is 2. The van der Waals surface area contributed by atoms with E-state index in [0.717, 1.165) is 0 Å². The molecule has 2 saturated heterocycles. The highest BCUT2D eigenvalue weighted by Crippen LogP contribution is 2.69. The molecule has 0 aliphatic carbocycles. The summed E-state index contributed by atoms with van der Waals surface area (Å²) in [6.45, 7) is 20.6. The van der Waals surface area contributed by atoms with Crippen molar-refractivity contribution in [3.8, 4) is 0 Å². The van der Waals surface area contributed by atoms with Gasteiger partial charge in [0.1, 0.15) is 26.9 Å². The fourth-order valence-corrected chi connectivity index (χ4v) is 7.79. The molecule has 0 aromatic rings. The normalized spacial score (nSPS) is 47.9. The van der Waals surface area contributed by atoms with Gasteiger partial charge in [0.2, 0.25) is 0 Å². The van der Waals surface area contributed by atoms with Gasteiger partial charge in [0.15, 0.2) is 0 Å². The van der Waals surface area contributed by atoms with Crippen molar-refractivity contribution in [2.24, 2.45) is 16.2 Å². The summed E-state index contributed by atoms with van der Waals surface area (Å²) < 4.78 is 38.0. The van der Waals surface area contributed by atoms with Crippen LogP contribution in [0.1, 0.15) is 76.2 Å². The van der Waals surface area contributed by atoms with Crippen molar-refractivity contribution in [2.45, 2.75) is 104 Å². The van der Waals surface area contributed by atoms with Gasteiger partial charge in [-0.2, -0.15) is 0 Å². The van der Waals surface area contributed by atoms with E-state index in [0.29, 0.717) is 0 Å². The second-order valence-electron chi connectivity index (χ2n) is 11.7. The molecule has 2 heterocycles. The number of aliphatic hydroxyl groups excluding tert-OH is 1. The van der Waals surface area contributed by atoms with Crippen LogP contribution in [0.25, 0.3) is 0 Å². The molecule has 0 bridgehead atoms. The zero-order chi connectivity index (χ0) is 24.7. The lowest BCUT2D eigenvalue weighted by atomic mass is 9.52. The molecule has 6 atom stereocenters. The second-order valence-corrected chi connectivity index (χ2v) is 16.6. The van der Waals surface area contributed by atoms with Crippen molar-refractivity contribution in [1.82, 2.24) is 0 Å². The highest BCUT2D eigenvalue weighted by atomic mass is 127. The van der Waals surface area contributed by atoms with Gasteiger partial charge in [-0.3, -0.25) is 9.05 Å². The topological polar surface area (TPSA) is 74.2 Å². The van der Waals surface area contributed by atoms with Gasteiger partial charge in [-0.25, -0.2) is 4.57 Å². The molecule has 6 nitrogen and oxygen atoms in total. The quantitative estimate of drug-likeness (QED) is 0.285. The third kappa shape index (κ3) is 3.75. The van der Waals surface area contributed by atoms with Crippen LogP contribution in [0.15, 0.2) is 0 Å². The summed E-state index contributed by atoms with van der Waals surface area (Å²) in [5.41, 5.74) is -6.78. The Morgan fingerprint density at radius 3 is 1.61 bits per heavy atom. The lowest BCUT2D eigenvalue weighted by Crippen LogP contribution is -2.58. The highest BCUT2D eigenvalue weighted by Gasteiger charge is 2.71. The molecule has 1 N–H and O–H groups in total. The van der Waals surface area contributed by atoms with Gasteiger partial charge in [-0.1, -0.05) is 41.5 Å². The Morgan fingerprint density at radius 1 is 0.806 bits per heavy atom. The first-order valence-electron chi connectivity index (χ1n) is 10.6. The minimum Gasteiger partial charge on any atom is -0.393 e. The van der Waals surface area contributed by atoms with Crippen molar-refractivity contribution in [3.63, 3.8) is 0 Å². The van der Waals surface area contributed by atoms with Crippen LogP contribution in [0.2, 0.25) is 0 Å². The second kappa shape index (κ2) is 7.44. The van der Waals surface area contributed by atoms with Crippen LogP contribution in [-0.2, 0) is 23.1 Å². The van der Waals surface area contributed by atoms with Gasteiger partial charge >= 0.3 is 5.24 Å². The molecule has 0 spiro atoms. The first kappa shape index (κ1) is 28.1. The maximum absolute atomic E-state index is 13.6. The zero-order valence-electron chi connectivity index (χ0n) is 20.9. The molecule has 2 aliphatic rings. The molecule has 176 valence electrons. The maximum atomic E-state index is 13.6. The molecule has 0 amide bonds. The number of hydrogen-bond donors (Lipinski definition) is 1.